The number of amides is 1. The van der Waals surface area contributed by atoms with Crippen molar-refractivity contribution in [1.82, 2.24) is 4.98 Å². The molecule has 1 N–H and O–H groups in total. The van der Waals surface area contributed by atoms with E-state index in [1.54, 1.807) is 6.07 Å². The molecule has 2 rings (SSSR count). The standard InChI is InChI=1S/C15H16ClN3O/c1-10-8-12(16)11(9-17-10)15(20)18-13-6-4-5-7-14(13)19(2)3/h4-9H,1-3H3,(H,18,20). The number of halogens is 1. The maximum absolute atomic E-state index is 12.3. The lowest BCUT2D eigenvalue weighted by molar-refractivity contribution is 0.102. The van der Waals surface area contributed by atoms with E-state index in [0.29, 0.717) is 10.6 Å². The monoisotopic (exact) mass is 289 g/mol. The number of hydrogen-bond donors (Lipinski definition) is 1. The molecule has 4 nitrogen and oxygen atoms in total. The van der Waals surface area contributed by atoms with E-state index in [-0.39, 0.29) is 5.91 Å². The van der Waals surface area contributed by atoms with Gasteiger partial charge in [0.25, 0.3) is 5.91 Å². The largest absolute Gasteiger partial charge is 0.376 e. The molecule has 0 spiro atoms. The predicted octanol–water partition coefficient (Wildman–Crippen LogP) is 3.36. The Balaban J connectivity index is 2.28. The molecule has 0 aliphatic carbocycles. The maximum Gasteiger partial charge on any atom is 0.258 e. The van der Waals surface area contributed by atoms with E-state index in [0.717, 1.165) is 17.1 Å². The molecule has 0 unspecified atom stereocenters. The van der Waals surface area contributed by atoms with Gasteiger partial charge in [0.2, 0.25) is 0 Å². The molecule has 1 aromatic carbocycles. The quantitative estimate of drug-likeness (QED) is 0.942. The summed E-state index contributed by atoms with van der Waals surface area (Å²) in [7, 11) is 3.84. The molecular formula is C15H16ClN3O. The second-order valence-electron chi connectivity index (χ2n) is 4.67. The van der Waals surface area contributed by atoms with Crippen LogP contribution in [0, 0.1) is 6.92 Å². The van der Waals surface area contributed by atoms with Crippen molar-refractivity contribution in [2.75, 3.05) is 24.3 Å². The molecule has 0 saturated carbocycles. The second-order valence-corrected chi connectivity index (χ2v) is 5.08. The van der Waals surface area contributed by atoms with Gasteiger partial charge in [-0.15, -0.1) is 0 Å². The number of pyridine rings is 1. The first kappa shape index (κ1) is 14.3. The van der Waals surface area contributed by atoms with Crippen LogP contribution in [0.2, 0.25) is 5.02 Å². The van der Waals surface area contributed by atoms with Crippen molar-refractivity contribution in [3.63, 3.8) is 0 Å². The zero-order valence-corrected chi connectivity index (χ0v) is 12.4. The van der Waals surface area contributed by atoms with E-state index in [1.807, 2.05) is 50.2 Å². The van der Waals surface area contributed by atoms with Crippen molar-refractivity contribution in [3.8, 4) is 0 Å². The van der Waals surface area contributed by atoms with Crippen LogP contribution in [0.1, 0.15) is 16.1 Å². The average molecular weight is 290 g/mol. The summed E-state index contributed by atoms with van der Waals surface area (Å²) in [5, 5.41) is 3.26. The zero-order chi connectivity index (χ0) is 14.7. The van der Waals surface area contributed by atoms with Gasteiger partial charge in [-0.3, -0.25) is 9.78 Å². The molecule has 0 fully saturated rings. The van der Waals surface area contributed by atoms with Crippen LogP contribution in [0.25, 0.3) is 0 Å². The van der Waals surface area contributed by atoms with Gasteiger partial charge in [0.05, 0.1) is 22.0 Å². The lowest BCUT2D eigenvalue weighted by Gasteiger charge is -2.17. The highest BCUT2D eigenvalue weighted by Crippen LogP contribution is 2.25. The molecule has 0 saturated heterocycles. The van der Waals surface area contributed by atoms with Gasteiger partial charge in [0, 0.05) is 26.0 Å². The van der Waals surface area contributed by atoms with Crippen LogP contribution in [0.15, 0.2) is 36.5 Å². The molecule has 0 bridgehead atoms. The van der Waals surface area contributed by atoms with Crippen LogP contribution >= 0.6 is 11.6 Å². The lowest BCUT2D eigenvalue weighted by atomic mass is 10.2. The van der Waals surface area contributed by atoms with Crippen molar-refractivity contribution >= 4 is 28.9 Å². The van der Waals surface area contributed by atoms with Crippen LogP contribution in [0.4, 0.5) is 11.4 Å². The smallest absolute Gasteiger partial charge is 0.258 e. The minimum absolute atomic E-state index is 0.267. The van der Waals surface area contributed by atoms with Crippen molar-refractivity contribution in [1.29, 1.82) is 0 Å². The summed E-state index contributed by atoms with van der Waals surface area (Å²) < 4.78 is 0. The van der Waals surface area contributed by atoms with Gasteiger partial charge in [0.15, 0.2) is 0 Å². The molecule has 0 radical (unpaired) electrons. The lowest BCUT2D eigenvalue weighted by Crippen LogP contribution is -2.17. The number of hydrogen-bond acceptors (Lipinski definition) is 3. The fourth-order valence-corrected chi connectivity index (χ4v) is 2.15. The summed E-state index contributed by atoms with van der Waals surface area (Å²) in [5.41, 5.74) is 2.81. The number of anilines is 2. The Morgan fingerprint density at radius 2 is 2.00 bits per heavy atom. The molecular weight excluding hydrogens is 274 g/mol. The summed E-state index contributed by atoms with van der Waals surface area (Å²) in [6.45, 7) is 1.83. The van der Waals surface area contributed by atoms with Crippen LogP contribution in [0.5, 0.6) is 0 Å². The van der Waals surface area contributed by atoms with E-state index < -0.39 is 0 Å². The van der Waals surface area contributed by atoms with E-state index in [9.17, 15) is 4.79 Å². The third-order valence-electron chi connectivity index (χ3n) is 2.87. The predicted molar refractivity (Wildman–Crippen MR) is 82.7 cm³/mol. The fraction of sp³-hybridized carbons (Fsp3) is 0.200. The average Bonchev–Trinajstić information content (AvgIpc) is 2.38. The summed E-state index contributed by atoms with van der Waals surface area (Å²) >= 11 is 6.08. The Morgan fingerprint density at radius 3 is 2.65 bits per heavy atom. The molecule has 104 valence electrons. The molecule has 2 aromatic rings. The Labute approximate surface area is 123 Å². The van der Waals surface area contributed by atoms with Crippen molar-refractivity contribution in [2.45, 2.75) is 6.92 Å². The van der Waals surface area contributed by atoms with Crippen LogP contribution in [-0.2, 0) is 0 Å². The highest BCUT2D eigenvalue weighted by atomic mass is 35.5. The number of carbonyl (C=O) groups excluding carboxylic acids is 1. The summed E-state index contributed by atoms with van der Waals surface area (Å²) in [6, 6.07) is 9.25. The van der Waals surface area contributed by atoms with E-state index in [2.05, 4.69) is 10.3 Å². The van der Waals surface area contributed by atoms with Crippen LogP contribution in [-0.4, -0.2) is 25.0 Å². The fourth-order valence-electron chi connectivity index (χ4n) is 1.85. The number of nitrogens with one attached hydrogen (secondary N) is 1. The first-order valence-electron chi connectivity index (χ1n) is 6.19. The summed E-state index contributed by atoms with van der Waals surface area (Å²) in [5.74, 6) is -0.267. The number of para-hydroxylation sites is 2. The number of aromatic nitrogens is 1. The molecule has 1 amide bonds. The number of nitrogens with zero attached hydrogens (tertiary/aromatic N) is 2. The second kappa shape index (κ2) is 5.92. The third kappa shape index (κ3) is 3.08. The van der Waals surface area contributed by atoms with Gasteiger partial charge in [-0.25, -0.2) is 0 Å². The molecule has 0 atom stereocenters. The molecule has 5 heteroatoms. The minimum atomic E-state index is -0.267. The van der Waals surface area contributed by atoms with E-state index in [1.165, 1.54) is 6.20 Å². The van der Waals surface area contributed by atoms with Crippen molar-refractivity contribution in [3.05, 3.63) is 52.8 Å². The number of benzene rings is 1. The Morgan fingerprint density at radius 1 is 1.30 bits per heavy atom. The van der Waals surface area contributed by atoms with Crippen molar-refractivity contribution in [2.24, 2.45) is 0 Å². The van der Waals surface area contributed by atoms with Crippen LogP contribution in [0.3, 0.4) is 0 Å². The zero-order valence-electron chi connectivity index (χ0n) is 11.6. The van der Waals surface area contributed by atoms with Crippen molar-refractivity contribution < 1.29 is 4.79 Å². The molecule has 1 heterocycles. The number of aryl methyl sites for hydroxylation is 1. The highest BCUT2D eigenvalue weighted by Gasteiger charge is 2.13. The SMILES string of the molecule is Cc1cc(Cl)c(C(=O)Nc2ccccc2N(C)C)cn1. The first-order valence-corrected chi connectivity index (χ1v) is 6.56. The van der Waals surface area contributed by atoms with Gasteiger partial charge in [0.1, 0.15) is 0 Å². The topological polar surface area (TPSA) is 45.2 Å². The third-order valence-corrected chi connectivity index (χ3v) is 3.18. The van der Waals surface area contributed by atoms with Crippen LogP contribution < -0.4 is 10.2 Å². The van der Waals surface area contributed by atoms with E-state index in [4.69, 9.17) is 11.6 Å². The maximum atomic E-state index is 12.3. The van der Waals surface area contributed by atoms with Gasteiger partial charge in [-0.1, -0.05) is 23.7 Å². The highest BCUT2D eigenvalue weighted by molar-refractivity contribution is 6.34. The number of carbonyl (C=O) groups is 1. The summed E-state index contributed by atoms with van der Waals surface area (Å²) in [6.07, 6.45) is 1.49. The number of rotatable bonds is 3. The first-order chi connectivity index (χ1) is 9.49. The summed E-state index contributed by atoms with van der Waals surface area (Å²) in [4.78, 5) is 18.3. The Hall–Kier alpha value is -2.07. The Bertz CT molecular complexity index is 641. The van der Waals surface area contributed by atoms with Gasteiger partial charge in [-0.05, 0) is 25.1 Å². The van der Waals surface area contributed by atoms with E-state index >= 15 is 0 Å². The van der Waals surface area contributed by atoms with Gasteiger partial charge in [-0.2, -0.15) is 0 Å². The van der Waals surface area contributed by atoms with Gasteiger partial charge >= 0.3 is 0 Å². The normalized spacial score (nSPS) is 10.2. The Kier molecular flexibility index (Phi) is 4.25. The molecule has 0 aliphatic rings. The minimum Gasteiger partial charge on any atom is -0.376 e. The molecule has 1 aromatic heterocycles. The molecule has 20 heavy (non-hydrogen) atoms. The molecule has 0 aliphatic heterocycles. The van der Waals surface area contributed by atoms with Gasteiger partial charge < -0.3 is 10.2 Å².